The van der Waals surface area contributed by atoms with Crippen molar-refractivity contribution in [3.63, 3.8) is 0 Å². The third-order valence-electron chi connectivity index (χ3n) is 3.77. The van der Waals surface area contributed by atoms with E-state index in [4.69, 9.17) is 0 Å². The number of rotatable bonds is 3. The molecule has 122 valence electrons. The van der Waals surface area contributed by atoms with Crippen LogP contribution < -0.4 is 5.56 Å². The first-order chi connectivity index (χ1) is 10.2. The maximum Gasteiger partial charge on any atom is 0.389 e. The molecule has 5 nitrogen and oxygen atoms in total. The fourth-order valence-corrected chi connectivity index (χ4v) is 2.64. The number of carbonyl (C=O) groups excluding carboxylic acids is 1. The van der Waals surface area contributed by atoms with Gasteiger partial charge in [-0.3, -0.25) is 9.59 Å². The fourth-order valence-electron chi connectivity index (χ4n) is 2.64. The van der Waals surface area contributed by atoms with E-state index in [0.29, 0.717) is 37.4 Å². The van der Waals surface area contributed by atoms with E-state index in [1.54, 1.807) is 6.92 Å². The second kappa shape index (κ2) is 6.50. The van der Waals surface area contributed by atoms with Crippen molar-refractivity contribution in [1.82, 2.24) is 14.9 Å². The summed E-state index contributed by atoms with van der Waals surface area (Å²) in [6, 6.07) is 1.44. The highest BCUT2D eigenvalue weighted by atomic mass is 19.4. The molecule has 2 rings (SSSR count). The first-order valence-electron chi connectivity index (χ1n) is 7.17. The Morgan fingerprint density at radius 2 is 2.05 bits per heavy atom. The van der Waals surface area contributed by atoms with Gasteiger partial charge in [0.2, 0.25) is 5.91 Å². The van der Waals surface area contributed by atoms with E-state index >= 15 is 0 Å². The lowest BCUT2D eigenvalue weighted by molar-refractivity contribution is -0.149. The molecule has 0 atom stereocenters. The number of hydrogen-bond acceptors (Lipinski definition) is 3. The van der Waals surface area contributed by atoms with Gasteiger partial charge in [0.25, 0.3) is 5.56 Å². The van der Waals surface area contributed by atoms with Gasteiger partial charge in [0, 0.05) is 31.5 Å². The van der Waals surface area contributed by atoms with E-state index in [9.17, 15) is 22.8 Å². The van der Waals surface area contributed by atoms with Gasteiger partial charge in [0.1, 0.15) is 5.82 Å². The van der Waals surface area contributed by atoms with Gasteiger partial charge in [-0.15, -0.1) is 0 Å². The van der Waals surface area contributed by atoms with Gasteiger partial charge in [-0.05, 0) is 19.8 Å². The van der Waals surface area contributed by atoms with Crippen molar-refractivity contribution in [1.29, 1.82) is 0 Å². The van der Waals surface area contributed by atoms with E-state index in [1.165, 1.54) is 11.0 Å². The zero-order valence-electron chi connectivity index (χ0n) is 12.2. The minimum Gasteiger partial charge on any atom is -0.343 e. The predicted molar refractivity (Wildman–Crippen MR) is 73.4 cm³/mol. The molecule has 0 spiro atoms. The molecule has 1 amide bonds. The van der Waals surface area contributed by atoms with Gasteiger partial charge in [-0.1, -0.05) is 0 Å². The summed E-state index contributed by atoms with van der Waals surface area (Å²) in [6.45, 7) is 2.49. The minimum atomic E-state index is -4.31. The molecule has 0 radical (unpaired) electrons. The van der Waals surface area contributed by atoms with Crippen LogP contribution in [0.1, 0.15) is 43.1 Å². The van der Waals surface area contributed by atoms with E-state index < -0.39 is 24.9 Å². The smallest absolute Gasteiger partial charge is 0.343 e. The van der Waals surface area contributed by atoms with Gasteiger partial charge in [-0.2, -0.15) is 13.2 Å². The Hall–Kier alpha value is -1.86. The van der Waals surface area contributed by atoms with Gasteiger partial charge in [0.05, 0.1) is 12.1 Å². The average Bonchev–Trinajstić information content (AvgIpc) is 2.43. The molecule has 1 fully saturated rings. The summed E-state index contributed by atoms with van der Waals surface area (Å²) < 4.78 is 36.4. The summed E-state index contributed by atoms with van der Waals surface area (Å²) in [4.78, 5) is 31.5. The standard InChI is InChI=1S/C14H18F3N3O2/c1-9-18-11(8-12(21)19-9)10-3-6-20(7-4-10)13(22)2-5-14(15,16)17/h8,10H,2-7H2,1H3,(H,18,19,21). The van der Waals surface area contributed by atoms with E-state index in [2.05, 4.69) is 9.97 Å². The number of aryl methyl sites for hydroxylation is 1. The van der Waals surface area contributed by atoms with Crippen molar-refractivity contribution in [2.75, 3.05) is 13.1 Å². The van der Waals surface area contributed by atoms with Crippen molar-refractivity contribution in [3.8, 4) is 0 Å². The third-order valence-corrected chi connectivity index (χ3v) is 3.77. The number of hydrogen-bond donors (Lipinski definition) is 1. The second-order valence-electron chi connectivity index (χ2n) is 5.53. The summed E-state index contributed by atoms with van der Waals surface area (Å²) in [5.74, 6) is 0.129. The van der Waals surface area contributed by atoms with Crippen LogP contribution in [0.4, 0.5) is 13.2 Å². The molecular weight excluding hydrogens is 299 g/mol. The van der Waals surface area contributed by atoms with Crippen LogP contribution in [0.15, 0.2) is 10.9 Å². The number of alkyl halides is 3. The Balaban J connectivity index is 1.90. The Morgan fingerprint density at radius 3 is 2.59 bits per heavy atom. The molecule has 22 heavy (non-hydrogen) atoms. The molecule has 1 saturated heterocycles. The second-order valence-corrected chi connectivity index (χ2v) is 5.53. The lowest BCUT2D eigenvalue weighted by Crippen LogP contribution is -2.38. The van der Waals surface area contributed by atoms with Gasteiger partial charge in [-0.25, -0.2) is 4.98 Å². The van der Waals surface area contributed by atoms with Crippen LogP contribution in [0.5, 0.6) is 0 Å². The van der Waals surface area contributed by atoms with Crippen LogP contribution in [0.2, 0.25) is 0 Å². The van der Waals surface area contributed by atoms with Crippen LogP contribution >= 0.6 is 0 Å². The lowest BCUT2D eigenvalue weighted by atomic mass is 9.93. The van der Waals surface area contributed by atoms with Crippen LogP contribution in [-0.4, -0.2) is 40.0 Å². The summed E-state index contributed by atoms with van der Waals surface area (Å²) in [6.07, 6.45) is -4.68. The Labute approximate surface area is 125 Å². The number of aromatic nitrogens is 2. The van der Waals surface area contributed by atoms with Gasteiger partial charge in [0.15, 0.2) is 0 Å². The summed E-state index contributed by atoms with van der Waals surface area (Å²) in [5.41, 5.74) is 0.467. The van der Waals surface area contributed by atoms with Gasteiger partial charge >= 0.3 is 6.18 Å². The molecule has 1 aliphatic rings. The third kappa shape index (κ3) is 4.57. The van der Waals surface area contributed by atoms with E-state index in [1.807, 2.05) is 0 Å². The molecule has 0 unspecified atom stereocenters. The van der Waals surface area contributed by atoms with Crippen LogP contribution in [0.25, 0.3) is 0 Å². The van der Waals surface area contributed by atoms with Crippen LogP contribution in [0.3, 0.4) is 0 Å². The number of likely N-dealkylation sites (tertiary alicyclic amines) is 1. The monoisotopic (exact) mass is 317 g/mol. The highest BCUT2D eigenvalue weighted by Gasteiger charge is 2.30. The number of carbonyl (C=O) groups is 1. The summed E-state index contributed by atoms with van der Waals surface area (Å²) >= 11 is 0. The molecule has 1 aliphatic heterocycles. The number of H-pyrrole nitrogens is 1. The first kappa shape index (κ1) is 16.5. The predicted octanol–water partition coefficient (Wildman–Crippen LogP) is 2.13. The largest absolute Gasteiger partial charge is 0.389 e. The first-order valence-corrected chi connectivity index (χ1v) is 7.17. The maximum absolute atomic E-state index is 12.1. The Morgan fingerprint density at radius 1 is 1.41 bits per heavy atom. The van der Waals surface area contributed by atoms with E-state index in [-0.39, 0.29) is 11.5 Å². The number of amides is 1. The Bertz CT molecular complexity index is 590. The van der Waals surface area contributed by atoms with E-state index in [0.717, 1.165) is 0 Å². The molecule has 0 saturated carbocycles. The quantitative estimate of drug-likeness (QED) is 0.929. The minimum absolute atomic E-state index is 0.0627. The number of aromatic amines is 1. The molecular formula is C14H18F3N3O2. The Kier molecular flexibility index (Phi) is 4.87. The summed E-state index contributed by atoms with van der Waals surface area (Å²) in [7, 11) is 0. The lowest BCUT2D eigenvalue weighted by Gasteiger charge is -2.32. The molecule has 0 aliphatic carbocycles. The molecule has 8 heteroatoms. The van der Waals surface area contributed by atoms with Crippen molar-refractivity contribution in [3.05, 3.63) is 27.9 Å². The molecule has 1 aromatic heterocycles. The molecule has 1 aromatic rings. The number of nitrogens with one attached hydrogen (secondary N) is 1. The van der Waals surface area contributed by atoms with Crippen molar-refractivity contribution >= 4 is 5.91 Å². The molecule has 2 heterocycles. The van der Waals surface area contributed by atoms with Crippen LogP contribution in [0, 0.1) is 6.92 Å². The van der Waals surface area contributed by atoms with Gasteiger partial charge < -0.3 is 9.88 Å². The summed E-state index contributed by atoms with van der Waals surface area (Å²) in [5, 5.41) is 0. The molecule has 0 bridgehead atoms. The zero-order valence-corrected chi connectivity index (χ0v) is 12.2. The molecule has 0 aromatic carbocycles. The normalized spacial score (nSPS) is 16.8. The highest BCUT2D eigenvalue weighted by molar-refractivity contribution is 5.76. The molecule has 1 N–H and O–H groups in total. The SMILES string of the molecule is Cc1nc(C2CCN(C(=O)CCC(F)(F)F)CC2)cc(=O)[nH]1. The number of piperidine rings is 1. The van der Waals surface area contributed by atoms with Crippen molar-refractivity contribution < 1.29 is 18.0 Å². The average molecular weight is 317 g/mol. The van der Waals surface area contributed by atoms with Crippen molar-refractivity contribution in [2.45, 2.75) is 44.7 Å². The topological polar surface area (TPSA) is 66.1 Å². The van der Waals surface area contributed by atoms with Crippen LogP contribution in [-0.2, 0) is 4.79 Å². The number of halogens is 3. The van der Waals surface area contributed by atoms with Crippen molar-refractivity contribution in [2.24, 2.45) is 0 Å². The fraction of sp³-hybridized carbons (Fsp3) is 0.643. The highest BCUT2D eigenvalue weighted by Crippen LogP contribution is 2.27. The zero-order chi connectivity index (χ0) is 16.3. The maximum atomic E-state index is 12.1. The number of nitrogens with zero attached hydrogens (tertiary/aromatic N) is 2.